The Hall–Kier alpha value is -2.27. The van der Waals surface area contributed by atoms with Crippen LogP contribution >= 0.6 is 12.2 Å². The molecule has 0 radical (unpaired) electrons. The summed E-state index contributed by atoms with van der Waals surface area (Å²) in [5.74, 6) is -0.767. The maximum absolute atomic E-state index is 12.8. The van der Waals surface area contributed by atoms with Gasteiger partial charge in [-0.2, -0.15) is 0 Å². The molecule has 0 aromatic heterocycles. The summed E-state index contributed by atoms with van der Waals surface area (Å²) in [5.41, 5.74) is 2.27. The molecule has 0 aliphatic rings. The highest BCUT2D eigenvalue weighted by atomic mass is 32.1. The molecule has 1 amide bonds. The molecule has 102 valence electrons. The van der Waals surface area contributed by atoms with E-state index in [1.807, 2.05) is 31.2 Å². The summed E-state index contributed by atoms with van der Waals surface area (Å²) in [6.45, 7) is 1.98. The van der Waals surface area contributed by atoms with E-state index in [0.717, 1.165) is 11.3 Å². The lowest BCUT2D eigenvalue weighted by Gasteiger charge is -2.09. The van der Waals surface area contributed by atoms with E-state index >= 15 is 0 Å². The van der Waals surface area contributed by atoms with E-state index in [-0.39, 0.29) is 16.8 Å². The maximum atomic E-state index is 12.8. The van der Waals surface area contributed by atoms with Crippen molar-refractivity contribution >= 4 is 28.9 Å². The molecule has 0 fully saturated rings. The van der Waals surface area contributed by atoms with Crippen LogP contribution in [0.4, 0.5) is 10.1 Å². The number of hydrogen-bond acceptors (Lipinski definition) is 2. The molecule has 20 heavy (non-hydrogen) atoms. The fourth-order valence-corrected chi connectivity index (χ4v) is 1.79. The van der Waals surface area contributed by atoms with Crippen LogP contribution in [0.2, 0.25) is 0 Å². The third-order valence-electron chi connectivity index (χ3n) is 2.64. The highest BCUT2D eigenvalue weighted by molar-refractivity contribution is 7.80. The Bertz CT molecular complexity index is 623. The Morgan fingerprint density at radius 1 is 1.05 bits per heavy atom. The lowest BCUT2D eigenvalue weighted by molar-refractivity contribution is 0.0977. The number of benzene rings is 2. The minimum absolute atomic E-state index is 0.197. The zero-order valence-corrected chi connectivity index (χ0v) is 11.6. The van der Waals surface area contributed by atoms with Crippen LogP contribution in [0.3, 0.4) is 0 Å². The summed E-state index contributed by atoms with van der Waals surface area (Å²) in [4.78, 5) is 11.8. The van der Waals surface area contributed by atoms with Gasteiger partial charge in [-0.1, -0.05) is 17.7 Å². The van der Waals surface area contributed by atoms with Crippen molar-refractivity contribution in [1.29, 1.82) is 0 Å². The summed E-state index contributed by atoms with van der Waals surface area (Å²) in [5, 5.41) is 5.64. The molecule has 0 heterocycles. The second-order valence-electron chi connectivity index (χ2n) is 4.28. The van der Waals surface area contributed by atoms with E-state index < -0.39 is 0 Å². The molecule has 2 N–H and O–H groups in total. The van der Waals surface area contributed by atoms with Gasteiger partial charge >= 0.3 is 0 Å². The first kappa shape index (κ1) is 14.1. The fourth-order valence-electron chi connectivity index (χ4n) is 1.58. The number of carbonyl (C=O) groups excluding carboxylic acids is 1. The molecular weight excluding hydrogens is 275 g/mol. The summed E-state index contributed by atoms with van der Waals surface area (Å²) in [7, 11) is 0. The average Bonchev–Trinajstić information content (AvgIpc) is 2.42. The van der Waals surface area contributed by atoms with Crippen molar-refractivity contribution in [2.75, 3.05) is 5.32 Å². The molecule has 0 aliphatic carbocycles. The summed E-state index contributed by atoms with van der Waals surface area (Å²) >= 11 is 5.05. The van der Waals surface area contributed by atoms with Gasteiger partial charge in [0, 0.05) is 11.3 Å². The van der Waals surface area contributed by atoms with E-state index in [1.165, 1.54) is 24.3 Å². The fraction of sp³-hybridized carbons (Fsp3) is 0.0667. The molecule has 0 saturated carbocycles. The molecule has 5 heteroatoms. The Labute approximate surface area is 121 Å². The maximum Gasteiger partial charge on any atom is 0.257 e. The van der Waals surface area contributed by atoms with Gasteiger partial charge in [-0.15, -0.1) is 0 Å². The molecule has 0 aliphatic heterocycles. The van der Waals surface area contributed by atoms with E-state index in [4.69, 9.17) is 12.2 Å². The third kappa shape index (κ3) is 3.86. The van der Waals surface area contributed by atoms with Gasteiger partial charge < -0.3 is 5.32 Å². The number of hydrogen-bond donors (Lipinski definition) is 2. The molecule has 2 aromatic carbocycles. The number of aryl methyl sites for hydroxylation is 1. The smallest absolute Gasteiger partial charge is 0.257 e. The number of nitrogens with one attached hydrogen (secondary N) is 2. The highest BCUT2D eigenvalue weighted by Gasteiger charge is 2.07. The second kappa shape index (κ2) is 6.25. The molecule has 2 rings (SSSR count). The van der Waals surface area contributed by atoms with Gasteiger partial charge in [0.1, 0.15) is 5.82 Å². The van der Waals surface area contributed by atoms with Crippen molar-refractivity contribution in [3.05, 3.63) is 65.5 Å². The van der Waals surface area contributed by atoms with Gasteiger partial charge in [-0.3, -0.25) is 10.1 Å². The van der Waals surface area contributed by atoms with Crippen molar-refractivity contribution in [2.45, 2.75) is 6.92 Å². The third-order valence-corrected chi connectivity index (χ3v) is 2.85. The van der Waals surface area contributed by atoms with E-state index in [2.05, 4.69) is 10.6 Å². The number of amides is 1. The Kier molecular flexibility index (Phi) is 4.42. The standard InChI is InChI=1S/C15H13FN2OS/c1-10-2-8-13(9-3-10)17-15(20)18-14(19)11-4-6-12(16)7-5-11/h2-9H,1H3,(H2,17,18,19,20). The van der Waals surface area contributed by atoms with Crippen molar-refractivity contribution < 1.29 is 9.18 Å². The number of thiocarbonyl (C=S) groups is 1. The molecule has 3 nitrogen and oxygen atoms in total. The van der Waals surface area contributed by atoms with Crippen LogP contribution in [0, 0.1) is 12.7 Å². The van der Waals surface area contributed by atoms with E-state index in [1.54, 1.807) is 0 Å². The minimum Gasteiger partial charge on any atom is -0.332 e. The lowest BCUT2D eigenvalue weighted by atomic mass is 10.2. The van der Waals surface area contributed by atoms with Gasteiger partial charge in [0.2, 0.25) is 0 Å². The molecule has 0 saturated heterocycles. The summed E-state index contributed by atoms with van der Waals surface area (Å²) in [6.07, 6.45) is 0. The average molecular weight is 288 g/mol. The van der Waals surface area contributed by atoms with Gasteiger partial charge in [-0.25, -0.2) is 4.39 Å². The Balaban J connectivity index is 1.95. The minimum atomic E-state index is -0.387. The van der Waals surface area contributed by atoms with Crippen molar-refractivity contribution in [2.24, 2.45) is 0 Å². The van der Waals surface area contributed by atoms with Crippen LogP contribution in [0.1, 0.15) is 15.9 Å². The Morgan fingerprint density at radius 2 is 1.65 bits per heavy atom. The zero-order chi connectivity index (χ0) is 14.5. The normalized spacial score (nSPS) is 9.90. The van der Waals surface area contributed by atoms with Crippen molar-refractivity contribution in [3.8, 4) is 0 Å². The molecule has 0 unspecified atom stereocenters. The summed E-state index contributed by atoms with van der Waals surface area (Å²) in [6, 6.07) is 12.9. The monoisotopic (exact) mass is 288 g/mol. The van der Waals surface area contributed by atoms with Gasteiger partial charge in [0.15, 0.2) is 5.11 Å². The second-order valence-corrected chi connectivity index (χ2v) is 4.69. The highest BCUT2D eigenvalue weighted by Crippen LogP contribution is 2.08. The SMILES string of the molecule is Cc1ccc(NC(=S)NC(=O)c2ccc(F)cc2)cc1. The van der Waals surface area contributed by atoms with Gasteiger partial charge in [0.05, 0.1) is 0 Å². The van der Waals surface area contributed by atoms with Crippen molar-refractivity contribution in [1.82, 2.24) is 5.32 Å². The molecule has 0 bridgehead atoms. The molecule has 2 aromatic rings. The Morgan fingerprint density at radius 3 is 2.25 bits per heavy atom. The number of halogens is 1. The molecule has 0 atom stereocenters. The molecule has 0 spiro atoms. The van der Waals surface area contributed by atoms with Crippen LogP contribution in [0.5, 0.6) is 0 Å². The van der Waals surface area contributed by atoms with Crippen LogP contribution in [-0.2, 0) is 0 Å². The first-order valence-corrected chi connectivity index (χ1v) is 6.40. The van der Waals surface area contributed by atoms with E-state index in [0.29, 0.717) is 5.56 Å². The number of carbonyl (C=O) groups is 1. The first-order valence-electron chi connectivity index (χ1n) is 5.99. The predicted octanol–water partition coefficient (Wildman–Crippen LogP) is 3.26. The zero-order valence-electron chi connectivity index (χ0n) is 10.8. The van der Waals surface area contributed by atoms with Gasteiger partial charge in [-0.05, 0) is 55.5 Å². The van der Waals surface area contributed by atoms with Crippen LogP contribution in [0.15, 0.2) is 48.5 Å². The summed E-state index contributed by atoms with van der Waals surface area (Å²) < 4.78 is 12.8. The van der Waals surface area contributed by atoms with Crippen LogP contribution in [-0.4, -0.2) is 11.0 Å². The predicted molar refractivity (Wildman–Crippen MR) is 81.3 cm³/mol. The van der Waals surface area contributed by atoms with Gasteiger partial charge in [0.25, 0.3) is 5.91 Å². The number of rotatable bonds is 2. The lowest BCUT2D eigenvalue weighted by Crippen LogP contribution is -2.34. The number of anilines is 1. The largest absolute Gasteiger partial charge is 0.332 e. The first-order chi connectivity index (χ1) is 9.54. The van der Waals surface area contributed by atoms with Crippen molar-refractivity contribution in [3.63, 3.8) is 0 Å². The van der Waals surface area contributed by atoms with Crippen LogP contribution < -0.4 is 10.6 Å². The van der Waals surface area contributed by atoms with Crippen LogP contribution in [0.25, 0.3) is 0 Å². The molecular formula is C15H13FN2OS. The topological polar surface area (TPSA) is 41.1 Å². The van der Waals surface area contributed by atoms with E-state index in [9.17, 15) is 9.18 Å². The quantitative estimate of drug-likeness (QED) is 0.833.